The van der Waals surface area contributed by atoms with Crippen molar-refractivity contribution in [1.82, 2.24) is 4.90 Å². The summed E-state index contributed by atoms with van der Waals surface area (Å²) in [6.07, 6.45) is 13.2. The molecule has 0 aliphatic rings. The van der Waals surface area contributed by atoms with Crippen molar-refractivity contribution in [3.63, 3.8) is 0 Å². The fourth-order valence-electron chi connectivity index (χ4n) is 2.38. The van der Waals surface area contributed by atoms with Crippen LogP contribution in [0.1, 0.15) is 85.0 Å². The maximum Gasteiger partial charge on any atom is 0.334 e. The van der Waals surface area contributed by atoms with E-state index in [2.05, 4.69) is 18.4 Å². The highest BCUT2D eigenvalue weighted by Gasteiger charge is 2.13. The molecule has 0 fully saturated rings. The molecular weight excluding hydrogens is 274 g/mol. The topological polar surface area (TPSA) is 29.5 Å². The second-order valence-corrected chi connectivity index (χ2v) is 6.45. The van der Waals surface area contributed by atoms with Gasteiger partial charge in [-0.1, -0.05) is 71.3 Å². The number of nitrogens with zero attached hydrogens (tertiary/aromatic N) is 1. The van der Waals surface area contributed by atoms with Crippen LogP contribution in [0, 0.1) is 0 Å². The van der Waals surface area contributed by atoms with Crippen molar-refractivity contribution in [3.8, 4) is 0 Å². The predicted octanol–water partition coefficient (Wildman–Crippen LogP) is 5.30. The molecule has 0 amide bonds. The van der Waals surface area contributed by atoms with Crippen LogP contribution < -0.4 is 0 Å². The maximum atomic E-state index is 11.5. The Labute approximate surface area is 138 Å². The molecule has 0 aromatic heterocycles. The number of unbranched alkanes of at least 4 members (excludes halogenated alkanes) is 9. The van der Waals surface area contributed by atoms with Crippen LogP contribution in [0.4, 0.5) is 0 Å². The molecule has 0 aliphatic heterocycles. The third-order valence-corrected chi connectivity index (χ3v) is 4.11. The van der Waals surface area contributed by atoms with Crippen LogP contribution in [-0.4, -0.2) is 30.7 Å². The van der Waals surface area contributed by atoms with Gasteiger partial charge in [-0.05, 0) is 27.3 Å². The molecule has 0 aromatic carbocycles. The average Bonchev–Trinajstić information content (AvgIpc) is 2.48. The van der Waals surface area contributed by atoms with Crippen LogP contribution in [0.15, 0.2) is 12.2 Å². The highest BCUT2D eigenvalue weighted by molar-refractivity contribution is 5.87. The molecule has 0 radical (unpaired) electrons. The summed E-state index contributed by atoms with van der Waals surface area (Å²) in [5, 5.41) is 0. The zero-order chi connectivity index (χ0) is 16.8. The minimum Gasteiger partial charge on any atom is -0.443 e. The van der Waals surface area contributed by atoms with Gasteiger partial charge in [0.1, 0.15) is 0 Å². The fraction of sp³-hybridized carbons (Fsp3) is 0.842. The van der Waals surface area contributed by atoms with Crippen LogP contribution in [0.25, 0.3) is 0 Å². The Bertz CT molecular complexity index is 302. The minimum atomic E-state index is -0.303. The second-order valence-electron chi connectivity index (χ2n) is 6.45. The number of rotatable bonds is 14. The Kier molecular flexibility index (Phi) is 13.3. The van der Waals surface area contributed by atoms with Gasteiger partial charge >= 0.3 is 5.97 Å². The van der Waals surface area contributed by atoms with Crippen LogP contribution in [0.3, 0.4) is 0 Å². The molecule has 130 valence electrons. The van der Waals surface area contributed by atoms with Crippen LogP contribution in [0.5, 0.6) is 0 Å². The van der Waals surface area contributed by atoms with Gasteiger partial charge in [-0.3, -0.25) is 4.90 Å². The van der Waals surface area contributed by atoms with Crippen LogP contribution in [0.2, 0.25) is 0 Å². The predicted molar refractivity (Wildman–Crippen MR) is 94.8 cm³/mol. The molecule has 0 N–H and O–H groups in total. The SMILES string of the molecule is C=C(C)C(=O)OC(C)N(C)CCCCCCCCCCCC. The Morgan fingerprint density at radius 3 is 1.91 bits per heavy atom. The molecule has 1 unspecified atom stereocenters. The van der Waals surface area contributed by atoms with Gasteiger partial charge in [0.2, 0.25) is 0 Å². The molecule has 0 saturated heterocycles. The van der Waals surface area contributed by atoms with Gasteiger partial charge in [-0.2, -0.15) is 0 Å². The molecule has 0 heterocycles. The third kappa shape index (κ3) is 11.8. The molecule has 3 heteroatoms. The zero-order valence-corrected chi connectivity index (χ0v) is 15.3. The molecule has 22 heavy (non-hydrogen) atoms. The summed E-state index contributed by atoms with van der Waals surface area (Å²) in [7, 11) is 2.00. The number of hydrogen-bond donors (Lipinski definition) is 0. The molecular formula is C19H37NO2. The smallest absolute Gasteiger partial charge is 0.334 e. The van der Waals surface area contributed by atoms with E-state index in [1.165, 1.54) is 64.2 Å². The maximum absolute atomic E-state index is 11.5. The molecule has 0 bridgehead atoms. The quantitative estimate of drug-likeness (QED) is 0.188. The molecule has 0 saturated carbocycles. The van der Waals surface area contributed by atoms with E-state index in [1.807, 2.05) is 14.0 Å². The summed E-state index contributed by atoms with van der Waals surface area (Å²) in [4.78, 5) is 13.5. The van der Waals surface area contributed by atoms with E-state index in [0.717, 1.165) is 6.54 Å². The lowest BCUT2D eigenvalue weighted by Gasteiger charge is -2.24. The summed E-state index contributed by atoms with van der Waals surface area (Å²) in [5.41, 5.74) is 0.458. The lowest BCUT2D eigenvalue weighted by Crippen LogP contribution is -2.34. The number of esters is 1. The van der Waals surface area contributed by atoms with Gasteiger partial charge in [-0.15, -0.1) is 0 Å². The first-order valence-electron chi connectivity index (χ1n) is 9.05. The summed E-state index contributed by atoms with van der Waals surface area (Å²) in [5.74, 6) is -0.303. The van der Waals surface area contributed by atoms with Gasteiger partial charge in [0.05, 0.1) is 0 Å². The molecule has 0 aromatic rings. The van der Waals surface area contributed by atoms with E-state index in [0.29, 0.717) is 5.57 Å². The largest absolute Gasteiger partial charge is 0.443 e. The summed E-state index contributed by atoms with van der Waals surface area (Å²) in [6.45, 7) is 10.4. The van der Waals surface area contributed by atoms with E-state index in [-0.39, 0.29) is 12.2 Å². The minimum absolute atomic E-state index is 0.178. The number of ether oxygens (including phenoxy) is 1. The van der Waals surface area contributed by atoms with Crippen molar-refractivity contribution in [3.05, 3.63) is 12.2 Å². The Balaban J connectivity index is 3.46. The van der Waals surface area contributed by atoms with Crippen molar-refractivity contribution < 1.29 is 9.53 Å². The first-order valence-corrected chi connectivity index (χ1v) is 9.05. The van der Waals surface area contributed by atoms with E-state index in [4.69, 9.17) is 4.74 Å². The average molecular weight is 312 g/mol. The molecule has 0 spiro atoms. The molecule has 0 aliphatic carbocycles. The van der Waals surface area contributed by atoms with Crippen molar-refractivity contribution in [1.29, 1.82) is 0 Å². The Morgan fingerprint density at radius 1 is 1.00 bits per heavy atom. The van der Waals surface area contributed by atoms with Crippen molar-refractivity contribution in [2.45, 2.75) is 91.2 Å². The van der Waals surface area contributed by atoms with Crippen LogP contribution in [-0.2, 0) is 9.53 Å². The monoisotopic (exact) mass is 311 g/mol. The second kappa shape index (κ2) is 13.8. The van der Waals surface area contributed by atoms with E-state index in [9.17, 15) is 4.79 Å². The highest BCUT2D eigenvalue weighted by atomic mass is 16.6. The van der Waals surface area contributed by atoms with Crippen LogP contribution >= 0.6 is 0 Å². The number of hydrogen-bond acceptors (Lipinski definition) is 3. The molecule has 3 nitrogen and oxygen atoms in total. The summed E-state index contributed by atoms with van der Waals surface area (Å²) >= 11 is 0. The first kappa shape index (κ1) is 21.2. The Morgan fingerprint density at radius 2 is 1.45 bits per heavy atom. The number of carbonyl (C=O) groups excluding carboxylic acids is 1. The summed E-state index contributed by atoms with van der Waals surface area (Å²) < 4.78 is 5.30. The summed E-state index contributed by atoms with van der Waals surface area (Å²) in [6, 6.07) is 0. The van der Waals surface area contributed by atoms with Crippen molar-refractivity contribution in [2.75, 3.05) is 13.6 Å². The van der Waals surface area contributed by atoms with E-state index < -0.39 is 0 Å². The van der Waals surface area contributed by atoms with Gasteiger partial charge in [-0.25, -0.2) is 4.79 Å². The lowest BCUT2D eigenvalue weighted by molar-refractivity contribution is -0.151. The fourth-order valence-corrected chi connectivity index (χ4v) is 2.38. The number of carbonyl (C=O) groups is 1. The zero-order valence-electron chi connectivity index (χ0n) is 15.3. The van der Waals surface area contributed by atoms with Gasteiger partial charge < -0.3 is 4.74 Å². The molecule has 0 rings (SSSR count). The van der Waals surface area contributed by atoms with Crippen molar-refractivity contribution in [2.24, 2.45) is 0 Å². The van der Waals surface area contributed by atoms with Gasteiger partial charge in [0.15, 0.2) is 6.23 Å². The standard InChI is InChI=1S/C19H37NO2/c1-6-7-8-9-10-11-12-13-14-15-16-20(5)18(4)22-19(21)17(2)3/h18H,2,6-16H2,1,3-5H3. The third-order valence-electron chi connectivity index (χ3n) is 4.11. The van der Waals surface area contributed by atoms with E-state index in [1.54, 1.807) is 6.92 Å². The van der Waals surface area contributed by atoms with Crippen molar-refractivity contribution >= 4 is 5.97 Å². The van der Waals surface area contributed by atoms with Gasteiger partial charge in [0, 0.05) is 12.1 Å². The normalized spacial score (nSPS) is 12.4. The molecule has 1 atom stereocenters. The Hall–Kier alpha value is -0.830. The lowest BCUT2D eigenvalue weighted by atomic mass is 10.1. The highest BCUT2D eigenvalue weighted by Crippen LogP contribution is 2.11. The first-order chi connectivity index (χ1) is 10.5. The van der Waals surface area contributed by atoms with E-state index >= 15 is 0 Å². The van der Waals surface area contributed by atoms with Gasteiger partial charge in [0.25, 0.3) is 0 Å².